The van der Waals surface area contributed by atoms with Crippen LogP contribution in [0, 0.1) is 0 Å². The van der Waals surface area contributed by atoms with E-state index < -0.39 is 7.82 Å². The Morgan fingerprint density at radius 2 is 1.12 bits per heavy atom. The van der Waals surface area contributed by atoms with E-state index in [9.17, 15) is 0 Å². The molecule has 6 nitrogen and oxygen atoms in total. The summed E-state index contributed by atoms with van der Waals surface area (Å²) >= 11 is 0. The molecular weight excluding hydrogens is 149 g/mol. The molecular formula is H6MgNO5P. The minimum absolute atomic E-state index is 0. The Kier molecular flexibility index (Phi) is 22.6. The summed E-state index contributed by atoms with van der Waals surface area (Å²) in [6, 6.07) is 0. The molecule has 0 aromatic heterocycles. The molecule has 0 radical (unpaired) electrons. The fraction of sp³-hybridized carbons (Fsp3) is 0. The Morgan fingerprint density at radius 3 is 1.12 bits per heavy atom. The van der Waals surface area contributed by atoms with Crippen LogP contribution in [-0.4, -0.2) is 28.5 Å². The van der Waals surface area contributed by atoms with E-state index in [0.717, 1.165) is 0 Å². The summed E-state index contributed by atoms with van der Waals surface area (Å²) in [6.07, 6.45) is 0. The van der Waals surface area contributed by atoms with Crippen LogP contribution >= 0.6 is 7.82 Å². The molecule has 0 fully saturated rings. The van der Waals surface area contributed by atoms with Crippen LogP contribution < -0.4 is 20.8 Å². The number of rotatable bonds is 0. The fourth-order valence-corrected chi connectivity index (χ4v) is 0. The zero-order chi connectivity index (χ0) is 4.50. The van der Waals surface area contributed by atoms with Crippen LogP contribution in [0.15, 0.2) is 0 Å². The van der Waals surface area contributed by atoms with Crippen molar-refractivity contribution in [2.75, 3.05) is 0 Å². The predicted octanol–water partition coefficient (Wildman–Crippen LogP) is -3.65. The van der Waals surface area contributed by atoms with Crippen molar-refractivity contribution in [3.63, 3.8) is 0 Å². The molecule has 0 saturated heterocycles. The SMILES string of the molecule is O.O=P([O-])([O-])[O-].[Mg+2].[NH4+]. The second-order valence-corrected chi connectivity index (χ2v) is 1.34. The van der Waals surface area contributed by atoms with Gasteiger partial charge >= 0.3 is 23.1 Å². The van der Waals surface area contributed by atoms with E-state index in [1.165, 1.54) is 0 Å². The third-order valence-electron chi connectivity index (χ3n) is 0. The minimum atomic E-state index is -5.39. The van der Waals surface area contributed by atoms with Gasteiger partial charge in [-0.3, -0.25) is 0 Å². The molecule has 48 valence electrons. The Bertz CT molecular complexity index is 58.6. The van der Waals surface area contributed by atoms with Crippen molar-refractivity contribution in [2.24, 2.45) is 0 Å². The predicted molar refractivity (Wildman–Crippen MR) is 23.0 cm³/mol. The zero-order valence-corrected chi connectivity index (χ0v) is 6.60. The van der Waals surface area contributed by atoms with Crippen LogP contribution in [0.4, 0.5) is 0 Å². The molecule has 0 spiro atoms. The molecule has 0 bridgehead atoms. The van der Waals surface area contributed by atoms with E-state index in [1.54, 1.807) is 0 Å². The number of hydrogen-bond donors (Lipinski definition) is 1. The van der Waals surface area contributed by atoms with Crippen molar-refractivity contribution in [2.45, 2.75) is 0 Å². The Hall–Kier alpha value is 0.796. The van der Waals surface area contributed by atoms with Gasteiger partial charge in [0, 0.05) is 0 Å². The topological polar surface area (TPSA) is 154 Å². The molecule has 0 saturated carbocycles. The molecule has 0 aliphatic rings. The molecule has 0 heterocycles. The van der Waals surface area contributed by atoms with Gasteiger partial charge < -0.3 is 30.9 Å². The van der Waals surface area contributed by atoms with E-state index in [4.69, 9.17) is 19.2 Å². The van der Waals surface area contributed by atoms with E-state index in [-0.39, 0.29) is 34.7 Å². The maximum absolute atomic E-state index is 8.55. The van der Waals surface area contributed by atoms with Gasteiger partial charge in [-0.2, -0.15) is 7.82 Å². The largest absolute Gasteiger partial charge is 2.00 e. The van der Waals surface area contributed by atoms with Gasteiger partial charge in [-0.05, 0) is 0 Å². The third kappa shape index (κ3) is 360. The molecule has 0 amide bonds. The van der Waals surface area contributed by atoms with Crippen molar-refractivity contribution in [3.8, 4) is 0 Å². The van der Waals surface area contributed by atoms with Gasteiger partial charge in [0.2, 0.25) is 0 Å². The average Bonchev–Trinajstić information content (AvgIpc) is 0.722. The maximum Gasteiger partial charge on any atom is 2.00 e. The summed E-state index contributed by atoms with van der Waals surface area (Å²) in [5.74, 6) is 0. The van der Waals surface area contributed by atoms with Crippen molar-refractivity contribution in [1.82, 2.24) is 6.15 Å². The Morgan fingerprint density at radius 1 is 1.12 bits per heavy atom. The summed E-state index contributed by atoms with van der Waals surface area (Å²) in [6.45, 7) is 0. The number of hydrogen-bond acceptors (Lipinski definition) is 4. The van der Waals surface area contributed by atoms with Gasteiger partial charge in [0.15, 0.2) is 0 Å². The van der Waals surface area contributed by atoms with Crippen molar-refractivity contribution < 1.29 is 24.7 Å². The Balaban J connectivity index is -0.0000000267. The molecule has 0 unspecified atom stereocenters. The first-order chi connectivity index (χ1) is 2.00. The average molecular weight is 155 g/mol. The molecule has 0 rings (SSSR count). The van der Waals surface area contributed by atoms with Crippen LogP contribution in [0.1, 0.15) is 0 Å². The maximum atomic E-state index is 8.55. The monoisotopic (exact) mass is 155 g/mol. The quantitative estimate of drug-likeness (QED) is 0.283. The first kappa shape index (κ1) is 23.2. The van der Waals surface area contributed by atoms with Crippen LogP contribution in [0.5, 0.6) is 0 Å². The molecule has 0 aliphatic carbocycles. The van der Waals surface area contributed by atoms with Gasteiger partial charge in [-0.15, -0.1) is 0 Å². The first-order valence-electron chi connectivity index (χ1n) is 0.730. The van der Waals surface area contributed by atoms with Gasteiger partial charge in [-0.25, -0.2) is 0 Å². The second-order valence-electron chi connectivity index (χ2n) is 0.447. The first-order valence-corrected chi connectivity index (χ1v) is 2.19. The third-order valence-corrected chi connectivity index (χ3v) is 0. The standard InChI is InChI=1S/Mg.H3N.H3O4P.H2O/c;;1-5(2,3)4;/h;1H3;(H3,1,2,3,4);1H2/q+2;;;/p-2. The second kappa shape index (κ2) is 7.80. The van der Waals surface area contributed by atoms with Crippen molar-refractivity contribution in [1.29, 1.82) is 0 Å². The summed E-state index contributed by atoms with van der Waals surface area (Å²) < 4.78 is 8.55. The minimum Gasteiger partial charge on any atom is -0.822 e. The van der Waals surface area contributed by atoms with Gasteiger partial charge in [-0.1, -0.05) is 0 Å². The normalized spacial score (nSPS) is 7.38. The van der Waals surface area contributed by atoms with E-state index in [2.05, 4.69) is 0 Å². The van der Waals surface area contributed by atoms with Gasteiger partial charge in [0.1, 0.15) is 0 Å². The number of quaternary nitrogens is 1. The van der Waals surface area contributed by atoms with Crippen LogP contribution in [0.25, 0.3) is 0 Å². The smallest absolute Gasteiger partial charge is 0.822 e. The van der Waals surface area contributed by atoms with E-state index in [1.807, 2.05) is 0 Å². The summed E-state index contributed by atoms with van der Waals surface area (Å²) in [7, 11) is -5.39. The molecule has 0 aliphatic heterocycles. The zero-order valence-electron chi connectivity index (χ0n) is 4.29. The summed E-state index contributed by atoms with van der Waals surface area (Å²) in [5.41, 5.74) is 0. The Labute approximate surface area is 62.2 Å². The fourth-order valence-electron chi connectivity index (χ4n) is 0. The van der Waals surface area contributed by atoms with Crippen LogP contribution in [0.3, 0.4) is 0 Å². The molecule has 6 N–H and O–H groups in total. The summed E-state index contributed by atoms with van der Waals surface area (Å²) in [4.78, 5) is 25.6. The van der Waals surface area contributed by atoms with E-state index in [0.29, 0.717) is 0 Å². The summed E-state index contributed by atoms with van der Waals surface area (Å²) in [5, 5.41) is 0. The van der Waals surface area contributed by atoms with E-state index >= 15 is 0 Å². The molecule has 8 heteroatoms. The van der Waals surface area contributed by atoms with Crippen LogP contribution in [-0.2, 0) is 4.57 Å². The van der Waals surface area contributed by atoms with Crippen molar-refractivity contribution in [3.05, 3.63) is 0 Å². The van der Waals surface area contributed by atoms with Crippen LogP contribution in [0.2, 0.25) is 0 Å². The van der Waals surface area contributed by atoms with Gasteiger partial charge in [0.25, 0.3) is 0 Å². The molecule has 0 aromatic carbocycles. The number of phosphoric acid groups is 1. The molecule has 0 atom stereocenters. The van der Waals surface area contributed by atoms with Crippen molar-refractivity contribution >= 4 is 30.9 Å². The molecule has 0 aromatic rings. The molecule has 8 heavy (non-hydrogen) atoms. The van der Waals surface area contributed by atoms with Gasteiger partial charge in [0.05, 0.1) is 0 Å².